The highest BCUT2D eigenvalue weighted by Crippen LogP contribution is 2.18. The van der Waals surface area contributed by atoms with Gasteiger partial charge in [0, 0.05) is 19.3 Å². The third-order valence-corrected chi connectivity index (χ3v) is 14.8. The second-order valence-electron chi connectivity index (χ2n) is 22.4. The second kappa shape index (κ2) is 64.6. The van der Waals surface area contributed by atoms with Crippen LogP contribution in [0.4, 0.5) is 0 Å². The van der Waals surface area contributed by atoms with Gasteiger partial charge in [-0.2, -0.15) is 0 Å². The molecule has 0 amide bonds. The van der Waals surface area contributed by atoms with Crippen LogP contribution in [0.15, 0.2) is 60.8 Å². The number of esters is 3. The van der Waals surface area contributed by atoms with E-state index < -0.39 is 6.10 Å². The minimum Gasteiger partial charge on any atom is -0.462 e. The van der Waals surface area contributed by atoms with Crippen LogP contribution in [0, 0.1) is 0 Å². The molecule has 0 fully saturated rings. The van der Waals surface area contributed by atoms with E-state index in [9.17, 15) is 14.4 Å². The lowest BCUT2D eigenvalue weighted by Crippen LogP contribution is -2.30. The Bertz CT molecular complexity index is 1360. The van der Waals surface area contributed by atoms with Crippen LogP contribution < -0.4 is 0 Å². The Kier molecular flexibility index (Phi) is 62.2. The van der Waals surface area contributed by atoms with Crippen LogP contribution in [0.25, 0.3) is 0 Å². The summed E-state index contributed by atoms with van der Waals surface area (Å²) in [6.45, 7) is 6.52. The van der Waals surface area contributed by atoms with E-state index in [1.165, 1.54) is 212 Å². The predicted octanol–water partition coefficient (Wildman–Crippen LogP) is 22.7. The quantitative estimate of drug-likeness (QED) is 0.0261. The summed E-state index contributed by atoms with van der Waals surface area (Å²) >= 11 is 0. The minimum absolute atomic E-state index is 0.0840. The molecule has 1 unspecified atom stereocenters. The molecule has 0 aliphatic rings. The number of rotatable bonds is 61. The Morgan fingerprint density at radius 1 is 0.276 bits per heavy atom. The van der Waals surface area contributed by atoms with E-state index in [1.807, 2.05) is 0 Å². The first-order chi connectivity index (χ1) is 37.5. The fourth-order valence-corrected chi connectivity index (χ4v) is 9.79. The highest BCUT2D eigenvalue weighted by Gasteiger charge is 2.19. The Balaban J connectivity index is 4.21. The zero-order valence-electron chi connectivity index (χ0n) is 50.8. The fraction of sp³-hybridized carbons (Fsp3) is 0.814. The molecule has 0 aliphatic heterocycles. The molecule has 0 aromatic rings. The molecule has 76 heavy (non-hydrogen) atoms. The van der Waals surface area contributed by atoms with Gasteiger partial charge in [0.1, 0.15) is 13.2 Å². The van der Waals surface area contributed by atoms with Gasteiger partial charge in [0.15, 0.2) is 6.10 Å². The Hall–Kier alpha value is -2.89. The summed E-state index contributed by atoms with van der Waals surface area (Å²) in [7, 11) is 0. The third-order valence-electron chi connectivity index (χ3n) is 14.8. The first-order valence-electron chi connectivity index (χ1n) is 33.3. The Labute approximate surface area is 472 Å². The van der Waals surface area contributed by atoms with Crippen LogP contribution >= 0.6 is 0 Å². The number of carbonyl (C=O) groups is 3. The molecular weight excluding hydrogens is 937 g/mol. The topological polar surface area (TPSA) is 78.9 Å². The number of ether oxygens (including phenoxy) is 3. The maximum atomic E-state index is 12.9. The van der Waals surface area contributed by atoms with Crippen LogP contribution in [0.5, 0.6) is 0 Å². The number of hydrogen-bond acceptors (Lipinski definition) is 6. The first kappa shape index (κ1) is 73.1. The third kappa shape index (κ3) is 62.0. The summed E-state index contributed by atoms with van der Waals surface area (Å²) in [4.78, 5) is 38.3. The van der Waals surface area contributed by atoms with Crippen molar-refractivity contribution in [3.63, 3.8) is 0 Å². The van der Waals surface area contributed by atoms with Gasteiger partial charge in [-0.3, -0.25) is 14.4 Å². The highest BCUT2D eigenvalue weighted by molar-refractivity contribution is 5.71. The van der Waals surface area contributed by atoms with Gasteiger partial charge in [0.05, 0.1) is 0 Å². The summed E-state index contributed by atoms with van der Waals surface area (Å²) in [5.74, 6) is -0.905. The molecule has 0 aliphatic carbocycles. The molecule has 442 valence electrons. The molecule has 0 saturated heterocycles. The van der Waals surface area contributed by atoms with Crippen molar-refractivity contribution in [2.24, 2.45) is 0 Å². The van der Waals surface area contributed by atoms with Crippen LogP contribution in [-0.4, -0.2) is 37.2 Å². The van der Waals surface area contributed by atoms with E-state index in [4.69, 9.17) is 14.2 Å². The summed E-state index contributed by atoms with van der Waals surface area (Å²) in [6, 6.07) is 0. The molecule has 6 heteroatoms. The van der Waals surface area contributed by atoms with E-state index in [0.717, 1.165) is 96.3 Å². The lowest BCUT2D eigenvalue weighted by Gasteiger charge is -2.18. The maximum absolute atomic E-state index is 12.9. The largest absolute Gasteiger partial charge is 0.462 e. The predicted molar refractivity (Wildman–Crippen MR) is 330 cm³/mol. The standard InChI is InChI=1S/C70H126O6/c1-4-7-10-13-16-19-22-25-27-29-30-31-32-33-34-35-36-37-38-39-41-42-45-48-51-54-57-60-63-69(72)75-66-67(65-74-68(71)62-59-56-53-50-47-44-24-21-18-15-12-9-6-3)76-70(73)64-61-58-55-52-49-46-43-40-28-26-23-20-17-14-11-8-5-2/h9,12,17-18,20-21,26,28,44,47,67H,4-8,10-11,13-16,19,22-25,27,29-43,45-46,48-66H2,1-3H3/b12-9-,20-17-,21-18-,28-26-,47-44-. The first-order valence-corrected chi connectivity index (χ1v) is 33.3. The number of carbonyl (C=O) groups excluding carboxylic acids is 3. The lowest BCUT2D eigenvalue weighted by molar-refractivity contribution is -0.167. The Morgan fingerprint density at radius 2 is 0.513 bits per heavy atom. The average Bonchev–Trinajstić information content (AvgIpc) is 3.42. The lowest BCUT2D eigenvalue weighted by atomic mass is 10.0. The molecule has 0 aromatic carbocycles. The normalized spacial score (nSPS) is 12.4. The summed E-state index contributed by atoms with van der Waals surface area (Å²) in [6.07, 6.45) is 82.5. The van der Waals surface area contributed by atoms with Crippen molar-refractivity contribution < 1.29 is 28.6 Å². The highest BCUT2D eigenvalue weighted by atomic mass is 16.6. The van der Waals surface area contributed by atoms with Gasteiger partial charge in [-0.1, -0.05) is 306 Å². The van der Waals surface area contributed by atoms with Gasteiger partial charge < -0.3 is 14.2 Å². The van der Waals surface area contributed by atoms with Crippen molar-refractivity contribution in [2.45, 2.75) is 354 Å². The monoisotopic (exact) mass is 1060 g/mol. The van der Waals surface area contributed by atoms with Gasteiger partial charge in [-0.15, -0.1) is 0 Å². The van der Waals surface area contributed by atoms with Crippen LogP contribution in [0.1, 0.15) is 348 Å². The van der Waals surface area contributed by atoms with Crippen molar-refractivity contribution >= 4 is 17.9 Å². The van der Waals surface area contributed by atoms with Crippen molar-refractivity contribution in [3.8, 4) is 0 Å². The molecule has 0 bridgehead atoms. The SMILES string of the molecule is CC/C=C\C/C=C\C/C=C\CCCCCC(=O)OCC(COC(=O)CCCCCCCCCCCCCCCCCCCCCCCCCCCCCC)OC(=O)CCCCCCCCC/C=C\C/C=C\CCCCC. The van der Waals surface area contributed by atoms with Crippen molar-refractivity contribution in [2.75, 3.05) is 13.2 Å². The number of unbranched alkanes of at least 4 members (excludes halogenated alkanes) is 40. The van der Waals surface area contributed by atoms with Crippen LogP contribution in [0.3, 0.4) is 0 Å². The van der Waals surface area contributed by atoms with E-state index in [2.05, 4.69) is 81.5 Å². The zero-order chi connectivity index (χ0) is 55.0. The molecule has 0 N–H and O–H groups in total. The summed E-state index contributed by atoms with van der Waals surface area (Å²) in [5.41, 5.74) is 0. The van der Waals surface area contributed by atoms with Crippen molar-refractivity contribution in [1.29, 1.82) is 0 Å². The molecular formula is C70H126O6. The molecule has 0 saturated carbocycles. The van der Waals surface area contributed by atoms with Gasteiger partial charge >= 0.3 is 17.9 Å². The molecule has 0 heterocycles. The average molecular weight is 1060 g/mol. The number of allylic oxidation sites excluding steroid dienone is 10. The van der Waals surface area contributed by atoms with Crippen molar-refractivity contribution in [3.05, 3.63) is 60.8 Å². The van der Waals surface area contributed by atoms with Crippen molar-refractivity contribution in [1.82, 2.24) is 0 Å². The molecule has 0 radical (unpaired) electrons. The summed E-state index contributed by atoms with van der Waals surface area (Å²) in [5, 5.41) is 0. The van der Waals surface area contributed by atoms with Gasteiger partial charge in [-0.05, 0) is 83.5 Å². The van der Waals surface area contributed by atoms with E-state index in [-0.39, 0.29) is 31.1 Å². The molecule has 6 nitrogen and oxygen atoms in total. The molecule has 1 atom stereocenters. The second-order valence-corrected chi connectivity index (χ2v) is 22.4. The number of hydrogen-bond donors (Lipinski definition) is 0. The smallest absolute Gasteiger partial charge is 0.306 e. The van der Waals surface area contributed by atoms with Crippen LogP contribution in [-0.2, 0) is 28.6 Å². The molecule has 0 spiro atoms. The van der Waals surface area contributed by atoms with Gasteiger partial charge in [0.25, 0.3) is 0 Å². The van der Waals surface area contributed by atoms with Gasteiger partial charge in [-0.25, -0.2) is 0 Å². The maximum Gasteiger partial charge on any atom is 0.306 e. The zero-order valence-corrected chi connectivity index (χ0v) is 50.8. The fourth-order valence-electron chi connectivity index (χ4n) is 9.79. The molecule has 0 aromatic heterocycles. The van der Waals surface area contributed by atoms with E-state index in [1.54, 1.807) is 0 Å². The van der Waals surface area contributed by atoms with Gasteiger partial charge in [0.2, 0.25) is 0 Å². The Morgan fingerprint density at radius 3 is 0.842 bits per heavy atom. The molecule has 0 rings (SSSR count). The van der Waals surface area contributed by atoms with Crippen LogP contribution in [0.2, 0.25) is 0 Å². The van der Waals surface area contributed by atoms with E-state index >= 15 is 0 Å². The minimum atomic E-state index is -0.790. The summed E-state index contributed by atoms with van der Waals surface area (Å²) < 4.78 is 16.9. The van der Waals surface area contributed by atoms with E-state index in [0.29, 0.717) is 19.3 Å².